The molecule has 0 bridgehead atoms. The van der Waals surface area contributed by atoms with E-state index in [4.69, 9.17) is 5.11 Å². The SMILES string of the molecule is Cc1sc(CO)cc1S(=O)(=O)NC(C)c1ccc(Br)cc1. The number of rotatable bonds is 5. The number of sulfonamides is 1. The predicted octanol–water partition coefficient (Wildman–Crippen LogP) is 3.35. The second kappa shape index (κ2) is 6.58. The lowest BCUT2D eigenvalue weighted by Gasteiger charge is -2.14. The van der Waals surface area contributed by atoms with Crippen LogP contribution in [0.5, 0.6) is 0 Å². The highest BCUT2D eigenvalue weighted by Gasteiger charge is 2.22. The van der Waals surface area contributed by atoms with Crippen molar-refractivity contribution in [2.45, 2.75) is 31.4 Å². The molecule has 1 aromatic carbocycles. The molecular formula is C14H16BrNO3S2. The first kappa shape index (κ1) is 16.6. The van der Waals surface area contributed by atoms with Crippen molar-refractivity contribution in [2.75, 3.05) is 0 Å². The van der Waals surface area contributed by atoms with Crippen molar-refractivity contribution in [3.63, 3.8) is 0 Å². The van der Waals surface area contributed by atoms with Crippen LogP contribution >= 0.6 is 27.3 Å². The number of aryl methyl sites for hydroxylation is 1. The van der Waals surface area contributed by atoms with Crippen LogP contribution in [-0.2, 0) is 16.6 Å². The van der Waals surface area contributed by atoms with E-state index in [0.717, 1.165) is 10.0 Å². The highest BCUT2D eigenvalue weighted by molar-refractivity contribution is 9.10. The molecule has 4 nitrogen and oxygen atoms in total. The van der Waals surface area contributed by atoms with E-state index in [0.29, 0.717) is 9.75 Å². The van der Waals surface area contributed by atoms with Gasteiger partial charge in [-0.1, -0.05) is 28.1 Å². The fourth-order valence-corrected chi connectivity index (χ4v) is 4.98. The average Bonchev–Trinajstić information content (AvgIpc) is 2.81. The standard InChI is InChI=1S/C14H16BrNO3S2/c1-9(11-3-5-12(15)6-4-11)16-21(18,19)14-7-13(8-17)20-10(14)2/h3-7,9,16-17H,8H2,1-2H3. The van der Waals surface area contributed by atoms with Gasteiger partial charge in [-0.05, 0) is 37.6 Å². The van der Waals surface area contributed by atoms with Crippen LogP contribution in [0.3, 0.4) is 0 Å². The minimum atomic E-state index is -3.60. The third-order valence-corrected chi connectivity index (χ3v) is 6.43. The molecule has 1 aromatic heterocycles. The van der Waals surface area contributed by atoms with Gasteiger partial charge in [-0.2, -0.15) is 0 Å². The van der Waals surface area contributed by atoms with Crippen LogP contribution in [0.25, 0.3) is 0 Å². The van der Waals surface area contributed by atoms with Gasteiger partial charge in [-0.25, -0.2) is 13.1 Å². The molecule has 2 rings (SSSR count). The molecule has 0 aliphatic carbocycles. The van der Waals surface area contributed by atoms with Crippen molar-refractivity contribution >= 4 is 37.3 Å². The summed E-state index contributed by atoms with van der Waals surface area (Å²) in [6.07, 6.45) is 0. The van der Waals surface area contributed by atoms with Crippen LogP contribution < -0.4 is 4.72 Å². The van der Waals surface area contributed by atoms with Gasteiger partial charge in [0.1, 0.15) is 0 Å². The Balaban J connectivity index is 2.24. The van der Waals surface area contributed by atoms with Crippen molar-refractivity contribution < 1.29 is 13.5 Å². The summed E-state index contributed by atoms with van der Waals surface area (Å²) in [5.74, 6) is 0. The molecule has 1 heterocycles. The van der Waals surface area contributed by atoms with Gasteiger partial charge in [0.25, 0.3) is 0 Å². The Morgan fingerprint density at radius 3 is 2.48 bits per heavy atom. The Kier molecular flexibility index (Phi) is 5.21. The second-order valence-electron chi connectivity index (χ2n) is 4.69. The summed E-state index contributed by atoms with van der Waals surface area (Å²) >= 11 is 4.64. The Morgan fingerprint density at radius 1 is 1.33 bits per heavy atom. The van der Waals surface area contributed by atoms with Crippen molar-refractivity contribution in [1.29, 1.82) is 0 Å². The van der Waals surface area contributed by atoms with Crippen LogP contribution in [0, 0.1) is 6.92 Å². The molecule has 0 spiro atoms. The number of nitrogens with one attached hydrogen (secondary N) is 1. The predicted molar refractivity (Wildman–Crippen MR) is 87.9 cm³/mol. The molecular weight excluding hydrogens is 374 g/mol. The molecule has 1 atom stereocenters. The number of benzene rings is 1. The molecule has 0 radical (unpaired) electrons. The number of hydrogen-bond acceptors (Lipinski definition) is 4. The lowest BCUT2D eigenvalue weighted by atomic mass is 10.1. The van der Waals surface area contributed by atoms with Gasteiger partial charge in [-0.15, -0.1) is 11.3 Å². The Bertz CT molecular complexity index is 723. The summed E-state index contributed by atoms with van der Waals surface area (Å²) in [4.78, 5) is 1.55. The summed E-state index contributed by atoms with van der Waals surface area (Å²) in [7, 11) is -3.60. The normalized spacial score (nSPS) is 13.3. The maximum absolute atomic E-state index is 12.4. The van der Waals surface area contributed by atoms with Gasteiger partial charge in [-0.3, -0.25) is 0 Å². The fraction of sp³-hybridized carbons (Fsp3) is 0.286. The topological polar surface area (TPSA) is 66.4 Å². The lowest BCUT2D eigenvalue weighted by molar-refractivity contribution is 0.285. The molecule has 7 heteroatoms. The molecule has 0 fully saturated rings. The summed E-state index contributed by atoms with van der Waals surface area (Å²) in [6.45, 7) is 3.39. The zero-order valence-electron chi connectivity index (χ0n) is 11.6. The molecule has 1 unspecified atom stereocenters. The maximum atomic E-state index is 12.4. The Labute approximate surface area is 137 Å². The summed E-state index contributed by atoms with van der Waals surface area (Å²) in [5, 5.41) is 9.12. The number of aliphatic hydroxyl groups is 1. The minimum absolute atomic E-state index is 0.150. The van der Waals surface area contributed by atoms with Crippen molar-refractivity contribution in [1.82, 2.24) is 4.72 Å². The van der Waals surface area contributed by atoms with Crippen molar-refractivity contribution in [3.8, 4) is 0 Å². The molecule has 0 aliphatic heterocycles. The zero-order chi connectivity index (χ0) is 15.6. The number of aliphatic hydroxyl groups excluding tert-OH is 1. The van der Waals surface area contributed by atoms with Crippen LogP contribution in [0.4, 0.5) is 0 Å². The van der Waals surface area contributed by atoms with Crippen LogP contribution in [0.15, 0.2) is 39.7 Å². The van der Waals surface area contributed by atoms with Gasteiger partial charge < -0.3 is 5.11 Å². The monoisotopic (exact) mass is 389 g/mol. The summed E-state index contributed by atoms with van der Waals surface area (Å²) in [5.41, 5.74) is 0.886. The van der Waals surface area contributed by atoms with E-state index >= 15 is 0 Å². The van der Waals surface area contributed by atoms with E-state index in [2.05, 4.69) is 20.7 Å². The van der Waals surface area contributed by atoms with E-state index in [-0.39, 0.29) is 17.5 Å². The quantitative estimate of drug-likeness (QED) is 0.823. The van der Waals surface area contributed by atoms with Crippen LogP contribution in [-0.4, -0.2) is 13.5 Å². The third-order valence-electron chi connectivity index (χ3n) is 3.07. The molecule has 0 aliphatic rings. The highest BCUT2D eigenvalue weighted by atomic mass is 79.9. The van der Waals surface area contributed by atoms with E-state index < -0.39 is 10.0 Å². The minimum Gasteiger partial charge on any atom is -0.391 e. The third kappa shape index (κ3) is 3.92. The van der Waals surface area contributed by atoms with Gasteiger partial charge in [0.05, 0.1) is 11.5 Å². The first-order valence-corrected chi connectivity index (χ1v) is 9.40. The van der Waals surface area contributed by atoms with Gasteiger partial charge >= 0.3 is 0 Å². The highest BCUT2D eigenvalue weighted by Crippen LogP contribution is 2.27. The van der Waals surface area contributed by atoms with Crippen LogP contribution in [0.2, 0.25) is 0 Å². The molecule has 0 amide bonds. The second-order valence-corrected chi connectivity index (χ2v) is 8.62. The summed E-state index contributed by atoms with van der Waals surface area (Å²) < 4.78 is 28.5. The Morgan fingerprint density at radius 2 is 1.95 bits per heavy atom. The summed E-state index contributed by atoms with van der Waals surface area (Å²) in [6, 6.07) is 8.68. The number of thiophene rings is 1. The van der Waals surface area contributed by atoms with E-state index in [9.17, 15) is 8.42 Å². The average molecular weight is 390 g/mol. The molecule has 114 valence electrons. The Hall–Kier alpha value is -0.730. The van der Waals surface area contributed by atoms with E-state index in [1.54, 1.807) is 13.8 Å². The first-order valence-electron chi connectivity index (χ1n) is 6.31. The molecule has 0 saturated heterocycles. The molecule has 2 aromatic rings. The maximum Gasteiger partial charge on any atom is 0.242 e. The molecule has 0 saturated carbocycles. The lowest BCUT2D eigenvalue weighted by Crippen LogP contribution is -2.27. The van der Waals surface area contributed by atoms with Gasteiger partial charge in [0.2, 0.25) is 10.0 Å². The van der Waals surface area contributed by atoms with E-state index in [1.165, 1.54) is 17.4 Å². The smallest absolute Gasteiger partial charge is 0.242 e. The largest absolute Gasteiger partial charge is 0.391 e. The van der Waals surface area contributed by atoms with Crippen LogP contribution in [0.1, 0.15) is 28.3 Å². The van der Waals surface area contributed by atoms with Gasteiger partial charge in [0, 0.05) is 20.3 Å². The molecule has 2 N–H and O–H groups in total. The number of hydrogen-bond donors (Lipinski definition) is 2. The van der Waals surface area contributed by atoms with Crippen molar-refractivity contribution in [2.24, 2.45) is 0 Å². The fourth-order valence-electron chi connectivity index (χ4n) is 1.98. The molecule has 21 heavy (non-hydrogen) atoms. The van der Waals surface area contributed by atoms with Crippen molar-refractivity contribution in [3.05, 3.63) is 50.1 Å². The first-order chi connectivity index (χ1) is 9.83. The van der Waals surface area contributed by atoms with E-state index in [1.807, 2.05) is 24.3 Å². The van der Waals surface area contributed by atoms with Gasteiger partial charge in [0.15, 0.2) is 0 Å². The zero-order valence-corrected chi connectivity index (χ0v) is 14.8. The number of halogens is 1.